The molecule has 26 heavy (non-hydrogen) atoms. The molecule has 0 saturated heterocycles. The van der Waals surface area contributed by atoms with E-state index in [-0.39, 0.29) is 0 Å². The minimum Gasteiger partial charge on any atom is -0.280 e. The van der Waals surface area contributed by atoms with Gasteiger partial charge in [0.15, 0.2) is 0 Å². The van der Waals surface area contributed by atoms with Crippen LogP contribution in [0.2, 0.25) is 0 Å². The van der Waals surface area contributed by atoms with Gasteiger partial charge in [0.05, 0.1) is 11.1 Å². The van der Waals surface area contributed by atoms with Gasteiger partial charge in [0.1, 0.15) is 6.20 Å². The molecule has 1 aromatic heterocycles. The number of fused-ring (bicyclic) bond motifs is 1. The van der Waals surface area contributed by atoms with Crippen molar-refractivity contribution in [1.29, 1.82) is 0 Å². The third-order valence-corrected chi connectivity index (χ3v) is 5.22. The number of carbonyl (C=O) groups is 1. The zero-order chi connectivity index (χ0) is 18.3. The number of aryl methyl sites for hydroxylation is 1. The van der Waals surface area contributed by atoms with Crippen molar-refractivity contribution in [2.24, 2.45) is 0 Å². The van der Waals surface area contributed by atoms with Gasteiger partial charge in [0.25, 0.3) is 5.56 Å². The molecule has 0 saturated carbocycles. The summed E-state index contributed by atoms with van der Waals surface area (Å²) in [6.45, 7) is 0. The first-order chi connectivity index (χ1) is 12.5. The van der Waals surface area contributed by atoms with Crippen LogP contribution in [0.15, 0.2) is 64.3 Å². The topological polar surface area (TPSA) is 84.8 Å². The lowest BCUT2D eigenvalue weighted by Crippen LogP contribution is -2.32. The van der Waals surface area contributed by atoms with Crippen LogP contribution in [0.3, 0.4) is 0 Å². The molecule has 0 bridgehead atoms. The maximum Gasteiger partial charge on any atom is 0.349 e. The molecule has 1 atom stereocenters. The van der Waals surface area contributed by atoms with Crippen molar-refractivity contribution in [3.8, 4) is 5.69 Å². The fourth-order valence-corrected chi connectivity index (χ4v) is 3.96. The lowest BCUT2D eigenvalue weighted by molar-refractivity contribution is -0.115. The Bertz CT molecular complexity index is 1120. The second kappa shape index (κ2) is 6.07. The summed E-state index contributed by atoms with van der Waals surface area (Å²) in [6, 6.07) is 14.7. The second-order valence-electron chi connectivity index (χ2n) is 6.23. The molecule has 130 valence electrons. The van der Waals surface area contributed by atoms with Gasteiger partial charge in [0, 0.05) is 0 Å². The quantitative estimate of drug-likeness (QED) is 0.717. The first-order valence-electron chi connectivity index (χ1n) is 8.10. The number of aromatic nitrogens is 3. The normalized spacial score (nSPS) is 18.5. The monoisotopic (exact) mass is 367 g/mol. The minimum atomic E-state index is -0.889. The standard InChI is InChI=1S/C19H14ClN3O3/c20-17(25)19(10-9-12-3-1-2-4-15(12)19)13-5-7-14(8-6-13)23-18(26)22-16(24)11-21-23/h1-8,11H,9-10H2,(H,22,24,26). The Hall–Kier alpha value is -2.99. The number of benzene rings is 2. The number of nitrogens with one attached hydrogen (secondary N) is 1. The van der Waals surface area contributed by atoms with Gasteiger partial charge in [-0.2, -0.15) is 9.78 Å². The van der Waals surface area contributed by atoms with E-state index in [9.17, 15) is 14.4 Å². The summed E-state index contributed by atoms with van der Waals surface area (Å²) in [5.74, 6) is 0. The van der Waals surface area contributed by atoms with E-state index >= 15 is 0 Å². The lowest BCUT2D eigenvalue weighted by atomic mass is 9.76. The average molecular weight is 368 g/mol. The summed E-state index contributed by atoms with van der Waals surface area (Å²) in [6.07, 6.45) is 2.41. The van der Waals surface area contributed by atoms with E-state index < -0.39 is 21.9 Å². The zero-order valence-corrected chi connectivity index (χ0v) is 14.4. The van der Waals surface area contributed by atoms with E-state index in [2.05, 4.69) is 10.1 Å². The Morgan fingerprint density at radius 1 is 1.12 bits per heavy atom. The molecule has 0 fully saturated rings. The Morgan fingerprint density at radius 2 is 1.85 bits per heavy atom. The summed E-state index contributed by atoms with van der Waals surface area (Å²) in [7, 11) is 0. The number of aromatic amines is 1. The number of halogens is 1. The highest BCUT2D eigenvalue weighted by molar-refractivity contribution is 6.66. The molecule has 1 aliphatic rings. The molecule has 1 aliphatic carbocycles. The number of rotatable bonds is 3. The first kappa shape index (κ1) is 16.5. The van der Waals surface area contributed by atoms with Gasteiger partial charge in [-0.05, 0) is 53.3 Å². The van der Waals surface area contributed by atoms with Crippen LogP contribution in [0.4, 0.5) is 0 Å². The summed E-state index contributed by atoms with van der Waals surface area (Å²) in [5.41, 5.74) is 1.22. The fraction of sp³-hybridized carbons (Fsp3) is 0.158. The van der Waals surface area contributed by atoms with Crippen LogP contribution < -0.4 is 11.2 Å². The van der Waals surface area contributed by atoms with Gasteiger partial charge in [-0.25, -0.2) is 4.79 Å². The largest absolute Gasteiger partial charge is 0.349 e. The van der Waals surface area contributed by atoms with Crippen LogP contribution in [-0.4, -0.2) is 20.0 Å². The van der Waals surface area contributed by atoms with E-state index in [1.54, 1.807) is 24.3 Å². The van der Waals surface area contributed by atoms with E-state index in [1.807, 2.05) is 24.3 Å². The number of hydrogen-bond acceptors (Lipinski definition) is 4. The lowest BCUT2D eigenvalue weighted by Gasteiger charge is -2.27. The van der Waals surface area contributed by atoms with E-state index in [1.165, 1.54) is 0 Å². The van der Waals surface area contributed by atoms with Gasteiger partial charge in [0.2, 0.25) is 5.24 Å². The third-order valence-electron chi connectivity index (χ3n) is 4.90. The van der Waals surface area contributed by atoms with Crippen molar-refractivity contribution < 1.29 is 4.79 Å². The van der Waals surface area contributed by atoms with Gasteiger partial charge in [-0.15, -0.1) is 0 Å². The number of carbonyl (C=O) groups excluding carboxylic acids is 1. The van der Waals surface area contributed by atoms with Crippen molar-refractivity contribution in [1.82, 2.24) is 14.8 Å². The zero-order valence-electron chi connectivity index (χ0n) is 13.6. The smallest absolute Gasteiger partial charge is 0.280 e. The predicted octanol–water partition coefficient (Wildman–Crippen LogP) is 1.92. The molecule has 6 nitrogen and oxygen atoms in total. The van der Waals surface area contributed by atoms with Gasteiger partial charge in [-0.1, -0.05) is 36.4 Å². The van der Waals surface area contributed by atoms with Crippen molar-refractivity contribution in [3.05, 3.63) is 92.3 Å². The molecule has 2 aromatic carbocycles. The van der Waals surface area contributed by atoms with E-state index in [0.717, 1.165) is 34.0 Å². The highest BCUT2D eigenvalue weighted by Gasteiger charge is 2.45. The van der Waals surface area contributed by atoms with Crippen LogP contribution in [0.25, 0.3) is 5.69 Å². The van der Waals surface area contributed by atoms with E-state index in [0.29, 0.717) is 12.1 Å². The van der Waals surface area contributed by atoms with Crippen LogP contribution in [-0.2, 0) is 16.6 Å². The molecular weight excluding hydrogens is 354 g/mol. The van der Waals surface area contributed by atoms with Crippen LogP contribution in [0.5, 0.6) is 0 Å². The maximum absolute atomic E-state index is 12.4. The third kappa shape index (κ3) is 2.42. The highest BCUT2D eigenvalue weighted by atomic mass is 35.5. The van der Waals surface area contributed by atoms with Crippen LogP contribution >= 0.6 is 11.6 Å². The van der Waals surface area contributed by atoms with Crippen LogP contribution in [0.1, 0.15) is 23.1 Å². The van der Waals surface area contributed by atoms with Crippen LogP contribution in [0, 0.1) is 0 Å². The highest BCUT2D eigenvalue weighted by Crippen LogP contribution is 2.45. The maximum atomic E-state index is 12.4. The molecular formula is C19H14ClN3O3. The summed E-state index contributed by atoms with van der Waals surface area (Å²) in [4.78, 5) is 37.6. The molecule has 1 unspecified atom stereocenters. The van der Waals surface area contributed by atoms with Gasteiger partial charge >= 0.3 is 5.69 Å². The van der Waals surface area contributed by atoms with Gasteiger partial charge < -0.3 is 0 Å². The predicted molar refractivity (Wildman–Crippen MR) is 96.9 cm³/mol. The summed E-state index contributed by atoms with van der Waals surface area (Å²) >= 11 is 6.06. The van der Waals surface area contributed by atoms with Crippen molar-refractivity contribution in [2.45, 2.75) is 18.3 Å². The average Bonchev–Trinajstić information content (AvgIpc) is 3.03. The molecule has 0 aliphatic heterocycles. The number of nitrogens with zero attached hydrogens (tertiary/aromatic N) is 2. The molecule has 3 aromatic rings. The number of hydrogen-bond donors (Lipinski definition) is 1. The molecule has 0 amide bonds. The SMILES string of the molecule is O=C(Cl)C1(c2ccc(-n3ncc(=O)[nH]c3=O)cc2)CCc2ccccc21. The molecule has 0 radical (unpaired) electrons. The first-order valence-corrected chi connectivity index (χ1v) is 8.48. The Labute approximate surface area is 153 Å². The Kier molecular flexibility index (Phi) is 3.85. The molecule has 7 heteroatoms. The molecule has 4 rings (SSSR count). The van der Waals surface area contributed by atoms with E-state index in [4.69, 9.17) is 11.6 Å². The Balaban J connectivity index is 1.82. The fourth-order valence-electron chi connectivity index (χ4n) is 3.65. The molecule has 1 heterocycles. The Morgan fingerprint density at radius 3 is 2.54 bits per heavy atom. The molecule has 1 N–H and O–H groups in total. The number of H-pyrrole nitrogens is 1. The summed E-state index contributed by atoms with van der Waals surface area (Å²) in [5, 5.41) is 3.41. The van der Waals surface area contributed by atoms with Crippen molar-refractivity contribution >= 4 is 16.8 Å². The second-order valence-corrected chi connectivity index (χ2v) is 6.58. The molecule has 0 spiro atoms. The minimum absolute atomic E-state index is 0.422. The van der Waals surface area contributed by atoms with Crippen molar-refractivity contribution in [3.63, 3.8) is 0 Å². The van der Waals surface area contributed by atoms with Crippen molar-refractivity contribution in [2.75, 3.05) is 0 Å². The summed E-state index contributed by atoms with van der Waals surface area (Å²) < 4.78 is 1.09. The van der Waals surface area contributed by atoms with Gasteiger partial charge in [-0.3, -0.25) is 14.6 Å².